The second kappa shape index (κ2) is 52.2. The minimum atomic E-state index is -4.58. The number of nitrogens with two attached hydrogens (primary N) is 1. The summed E-state index contributed by atoms with van der Waals surface area (Å²) in [5, 5.41) is 20.4. The number of aliphatic hydroxyl groups is 1. The summed E-state index contributed by atoms with van der Waals surface area (Å²) < 4.78 is 206. The highest BCUT2D eigenvalue weighted by Crippen LogP contribution is 2.62. The van der Waals surface area contributed by atoms with E-state index in [0.717, 1.165) is 45.3 Å². The van der Waals surface area contributed by atoms with Gasteiger partial charge in [0.1, 0.15) is 65.6 Å². The number of imidazole rings is 2. The van der Waals surface area contributed by atoms with Gasteiger partial charge in [-0.1, -0.05) is 212 Å². The summed E-state index contributed by atoms with van der Waals surface area (Å²) in [4.78, 5) is 63.3. The number of carbonyl (C=O) groups excluding carboxylic acids is 3. The molecule has 14 rings (SSSR count). The number of aromatic nitrogens is 8. The topological polar surface area (TPSA) is 447 Å². The third-order valence-electron chi connectivity index (χ3n) is 21.6. The number of ether oxygens (including phenoxy) is 8. The molecule has 2 saturated heterocycles. The van der Waals surface area contributed by atoms with Gasteiger partial charge in [-0.2, -0.15) is 30.1 Å². The molecule has 2 aliphatic heterocycles. The van der Waals surface area contributed by atoms with Crippen LogP contribution in [-0.2, 0) is 75.5 Å². The lowest BCUT2D eigenvalue weighted by Gasteiger charge is -2.37. The van der Waals surface area contributed by atoms with Crippen LogP contribution in [0.25, 0.3) is 33.1 Å². The Bertz CT molecular complexity index is 6570. The Morgan fingerprint density at radius 1 is 0.483 bits per heavy atom. The highest BCUT2D eigenvalue weighted by Gasteiger charge is 2.66. The zero-order chi connectivity index (χ0) is 108. The number of benzene rings is 8. The van der Waals surface area contributed by atoms with Gasteiger partial charge in [-0.25, -0.2) is 50.9 Å². The molecule has 36 nitrogen and oxygen atoms in total. The van der Waals surface area contributed by atoms with E-state index in [0.29, 0.717) is 23.9 Å². The Labute approximate surface area is 875 Å². The Kier molecular flexibility index (Phi) is 42.2. The quantitative estimate of drug-likeness (QED) is 0.00681. The highest BCUT2D eigenvalue weighted by molar-refractivity contribution is 8.24. The summed E-state index contributed by atoms with van der Waals surface area (Å²) in [5.74, 6) is -7.80. The number of halogens is 10. The van der Waals surface area contributed by atoms with E-state index in [4.69, 9.17) is 114 Å². The maximum atomic E-state index is 17.3. The van der Waals surface area contributed by atoms with Crippen molar-refractivity contribution in [2.24, 2.45) is 23.7 Å². The predicted molar refractivity (Wildman–Crippen MR) is 555 cm³/mol. The normalized spacial score (nSPS) is 20.5. The number of aliphatic hydroxyl groups excluding tert-OH is 1. The zero-order valence-electron chi connectivity index (χ0n) is 82.3. The van der Waals surface area contributed by atoms with Crippen molar-refractivity contribution in [3.63, 3.8) is 0 Å². The van der Waals surface area contributed by atoms with Crippen LogP contribution in [0, 0.1) is 23.7 Å². The van der Waals surface area contributed by atoms with E-state index >= 15 is 17.6 Å². The fourth-order valence-electron chi connectivity index (χ4n) is 14.4. The SMILES string of the molecule is CC(C)COC(=O)[C@H](C)NP(=O)(Cl)Oc1ccccc1.CCOc1nc(N)nc2c1ncn2[C@@H]1O[C@](F)(COP(=O)(N[C@@H](C)C(=O)OCC(C)C)Oc2ccccc2)[C@@H](O)[C@@]1(C)F.CCOc1nc(NC(c2ccccc2)(c2ccccc2)c2ccc(OC)cc2)nc2c1ncn2[C@@H]1O[C@](F)(COP(=O)(N[C@@H](C)C(=O)OCC(C)C)Oc2ccccc2)[C@@H](C)[C@@]1(C)F.O=P(Cl)(Cl)Cl.O=P(Cl)(Cl)Oc1cccc2ccccc12. The van der Waals surface area contributed by atoms with Gasteiger partial charge in [0, 0.05) is 39.1 Å². The smallest absolute Gasteiger partial charge is 0.459 e. The molecule has 0 spiro atoms. The first kappa shape index (κ1) is 119. The van der Waals surface area contributed by atoms with Crippen LogP contribution in [0.4, 0.5) is 29.5 Å². The molecule has 0 bridgehead atoms. The monoisotopic (exact) mass is 2260 g/mol. The first-order chi connectivity index (χ1) is 69.2. The molecule has 147 heavy (non-hydrogen) atoms. The van der Waals surface area contributed by atoms with Gasteiger partial charge in [0.2, 0.25) is 29.5 Å². The number of para-hydroxylation sites is 3. The van der Waals surface area contributed by atoms with Crippen molar-refractivity contribution >= 4 is 164 Å². The molecule has 51 heteroatoms. The van der Waals surface area contributed by atoms with Gasteiger partial charge in [-0.15, -0.1) is 0 Å². The number of carbonyl (C=O) groups is 3. The van der Waals surface area contributed by atoms with Crippen LogP contribution < -0.4 is 58.6 Å². The maximum absolute atomic E-state index is 17.3. The molecular formula is C96H114Cl6F4N13O23P5. The number of methoxy groups -OCH3 is 1. The molecule has 796 valence electrons. The van der Waals surface area contributed by atoms with Gasteiger partial charge < -0.3 is 72.1 Å². The minimum absolute atomic E-state index is 0.0174. The summed E-state index contributed by atoms with van der Waals surface area (Å²) in [6, 6.07) is 61.1. The standard InChI is InChI=1S/C47H53F2N6O8P.C26H35F2N6O8P.C13H19ClNO4P.C10H7Cl2O2P.Cl3OP/c1-8-59-41-39-40(51-44(52-41)53-47(34-18-12-9-13-19-34,35-20-14-10-15-21-35)36-24-26-37(58-7)27-25-36)55(30-50-39)43-45(6,48)33(5)46(49,62-43)29-61-64(57,63-38-22-16-11-17-23-38)54-32(4)42(56)60-28-31(2)3;1-6-38-20-18-19(31-24(29)32-20)34(14-30-18)23-25(5,27)22(36)26(28,41-23)13-40-43(37,42-17-10-8-7-9-11-17)33-16(4)21(35)39-12-15(2)3;1-10(2)9-18-13(16)11(3)15-20(14,17)19-12-7-5-4-6-8-12;11-15(12,13)14-10-7-3-5-8-4-1-2-6-9(8)10;1-5(2,3)4/h9-27,30-33,43H,8,28-29H2,1-7H3,(H,54,57)(H,51,52,53);7-11,14-16,22-23,36H,6,12-13H2,1-5H3,(H,33,37)(H2,29,31,32);4-8,10-11H,9H2,1-3H3,(H,15,17);1-7H;/t32-,33-,43+,45+,46+,64?;16-,22-,23+,25+,26+,43?;11-,20?;;/m000../s1. The number of anilines is 2. The maximum Gasteiger partial charge on any atom is 0.459 e. The van der Waals surface area contributed by atoms with Crippen molar-refractivity contribution in [1.29, 1.82) is 0 Å². The average molecular weight is 2260 g/mol. The summed E-state index contributed by atoms with van der Waals surface area (Å²) in [5.41, 5.74) is 2.24. The number of hydrogen-bond acceptors (Lipinski definition) is 31. The van der Waals surface area contributed by atoms with Crippen molar-refractivity contribution in [3.8, 4) is 40.5 Å². The molecule has 0 radical (unpaired) electrons. The van der Waals surface area contributed by atoms with E-state index in [1.54, 1.807) is 99.8 Å². The van der Waals surface area contributed by atoms with Crippen LogP contribution >= 0.6 is 101 Å². The van der Waals surface area contributed by atoms with Crippen LogP contribution in [0.3, 0.4) is 0 Å². The van der Waals surface area contributed by atoms with Crippen LogP contribution in [-0.4, -0.2) is 163 Å². The summed E-state index contributed by atoms with van der Waals surface area (Å²) >= 11 is 30.4. The number of fused-ring (bicyclic) bond motifs is 3. The molecule has 8 aromatic carbocycles. The van der Waals surface area contributed by atoms with Crippen LogP contribution in [0.2, 0.25) is 0 Å². The van der Waals surface area contributed by atoms with Crippen molar-refractivity contribution in [2.45, 2.75) is 162 Å². The second-order valence-corrected chi connectivity index (χ2v) is 51.7. The first-order valence-corrected chi connectivity index (χ1v) is 59.2. The van der Waals surface area contributed by atoms with Gasteiger partial charge in [0.25, 0.3) is 5.85 Å². The first-order valence-electron chi connectivity index (χ1n) is 45.7. The number of nitrogen functional groups attached to an aromatic ring is 1. The van der Waals surface area contributed by atoms with E-state index in [9.17, 15) is 42.3 Å². The van der Waals surface area contributed by atoms with Crippen LogP contribution in [0.1, 0.15) is 126 Å². The highest BCUT2D eigenvalue weighted by atomic mass is 36.0. The largest absolute Gasteiger partial charge is 0.497 e. The fourth-order valence-corrected chi connectivity index (χ4v) is 20.0. The second-order valence-electron chi connectivity index (χ2n) is 34.8. The van der Waals surface area contributed by atoms with Gasteiger partial charge >= 0.3 is 51.5 Å². The molecule has 2 aliphatic rings. The molecule has 12 aromatic rings. The van der Waals surface area contributed by atoms with Gasteiger partial charge in [0.05, 0.1) is 58.7 Å². The molecule has 7 N–H and O–H groups in total. The molecule has 2 fully saturated rings. The van der Waals surface area contributed by atoms with E-state index in [1.165, 1.54) is 69.8 Å². The third-order valence-corrected chi connectivity index (χ3v) is 27.3. The van der Waals surface area contributed by atoms with E-state index in [1.807, 2.05) is 157 Å². The number of alkyl halides is 4. The van der Waals surface area contributed by atoms with E-state index in [2.05, 4.69) is 74.2 Å². The Morgan fingerprint density at radius 2 is 0.864 bits per heavy atom. The van der Waals surface area contributed by atoms with Crippen molar-refractivity contribution in [1.82, 2.24) is 54.3 Å². The fraction of sp³-hybridized carbons (Fsp3) is 0.385. The van der Waals surface area contributed by atoms with Crippen LogP contribution in [0.5, 0.6) is 40.5 Å². The van der Waals surface area contributed by atoms with E-state index in [-0.39, 0.29) is 102 Å². The number of hydrogen-bond donors (Lipinski definition) is 6. The lowest BCUT2D eigenvalue weighted by Crippen LogP contribution is -2.47. The average Bonchev–Trinajstić information content (AvgIpc) is 1.68. The van der Waals surface area contributed by atoms with Gasteiger partial charge in [-0.3, -0.25) is 37.1 Å². The van der Waals surface area contributed by atoms with Crippen molar-refractivity contribution < 1.29 is 125 Å². The zero-order valence-corrected chi connectivity index (χ0v) is 91.3. The molecule has 0 aliphatic carbocycles. The van der Waals surface area contributed by atoms with Crippen molar-refractivity contribution in [3.05, 3.63) is 248 Å². The molecule has 4 aromatic heterocycles. The third kappa shape index (κ3) is 33.0. The van der Waals surface area contributed by atoms with Gasteiger partial charge in [-0.05, 0) is 177 Å². The minimum Gasteiger partial charge on any atom is -0.497 e. The summed E-state index contributed by atoms with van der Waals surface area (Å²) in [6.07, 6.45) is -7.12. The number of nitrogens with one attached hydrogen (secondary N) is 4. The van der Waals surface area contributed by atoms with E-state index < -0.39 is 136 Å². The van der Waals surface area contributed by atoms with Crippen LogP contribution in [0.15, 0.2) is 231 Å². The molecular weight excluding hydrogens is 2150 g/mol. The Hall–Kier alpha value is -9.98. The molecule has 0 saturated carbocycles. The number of nitrogens with zero attached hydrogens (tertiary/aromatic N) is 8. The molecule has 3 unspecified atom stereocenters. The van der Waals surface area contributed by atoms with Crippen molar-refractivity contribution in [2.75, 3.05) is 64.4 Å². The Balaban J connectivity index is 0.000000226. The molecule has 0 amide bonds. The Morgan fingerprint density at radius 3 is 1.30 bits per heavy atom. The predicted octanol–water partition coefficient (Wildman–Crippen LogP) is 24.3. The lowest BCUT2D eigenvalue weighted by molar-refractivity contribution is -0.202. The van der Waals surface area contributed by atoms with Gasteiger partial charge in [0.15, 0.2) is 52.2 Å². The number of rotatable bonds is 41. The molecule has 6 heterocycles. The summed E-state index contributed by atoms with van der Waals surface area (Å²) in [7, 11) is -7.55. The number of esters is 3. The molecule has 14 atom stereocenters. The lowest BCUT2D eigenvalue weighted by atomic mass is 9.77. The summed E-state index contributed by atoms with van der Waals surface area (Å²) in [6.45, 7) is 17.4.